The molecule has 0 aliphatic rings. The van der Waals surface area contributed by atoms with E-state index in [0.717, 1.165) is 0 Å². The van der Waals surface area contributed by atoms with Crippen molar-refractivity contribution in [3.05, 3.63) is 34.6 Å². The number of hydrogen-bond donors (Lipinski definition) is 3. The van der Waals surface area contributed by atoms with E-state index in [2.05, 4.69) is 39.2 Å². The van der Waals surface area contributed by atoms with Gasteiger partial charge in [0.25, 0.3) is 0 Å². The number of amides is 2. The van der Waals surface area contributed by atoms with Crippen LogP contribution in [0.3, 0.4) is 0 Å². The highest BCUT2D eigenvalue weighted by molar-refractivity contribution is 6.74. The monoisotopic (exact) mass is 448 g/mol. The summed E-state index contributed by atoms with van der Waals surface area (Å²) in [5.74, 6) is -0.543. The Morgan fingerprint density at radius 2 is 2.00 bits per heavy atom. The van der Waals surface area contributed by atoms with Crippen LogP contribution in [-0.2, 0) is 11.0 Å². The predicted octanol–water partition coefficient (Wildman–Crippen LogP) is 3.75. The van der Waals surface area contributed by atoms with Crippen molar-refractivity contribution < 1.29 is 23.8 Å². The van der Waals surface area contributed by atoms with Gasteiger partial charge in [0.15, 0.2) is 8.32 Å². The number of carbonyl (C=O) groups excluding carboxylic acids is 1. The number of aliphatic hydroxyl groups excluding tert-OH is 2. The topological polar surface area (TPSA) is 82.0 Å². The van der Waals surface area contributed by atoms with Gasteiger partial charge in [0.2, 0.25) is 0 Å². The van der Waals surface area contributed by atoms with E-state index in [4.69, 9.17) is 16.0 Å². The molecule has 0 fully saturated rings. The van der Waals surface area contributed by atoms with Crippen molar-refractivity contribution in [3.8, 4) is 0 Å². The maximum atomic E-state index is 13.6. The van der Waals surface area contributed by atoms with Gasteiger partial charge in [-0.05, 0) is 36.2 Å². The summed E-state index contributed by atoms with van der Waals surface area (Å²) in [5, 5.41) is 21.8. The van der Waals surface area contributed by atoms with Gasteiger partial charge in [-0.25, -0.2) is 9.18 Å². The van der Waals surface area contributed by atoms with Gasteiger partial charge >= 0.3 is 6.03 Å². The largest absolute Gasteiger partial charge is 0.415 e. The lowest BCUT2D eigenvalue weighted by Gasteiger charge is -2.39. The summed E-state index contributed by atoms with van der Waals surface area (Å²) in [5.41, 5.74) is 0.470. The van der Waals surface area contributed by atoms with Crippen LogP contribution in [0.2, 0.25) is 23.2 Å². The molecule has 0 aliphatic carbocycles. The first kappa shape index (κ1) is 25.8. The van der Waals surface area contributed by atoms with Crippen LogP contribution in [0.15, 0.2) is 18.2 Å². The highest BCUT2D eigenvalue weighted by Gasteiger charge is 2.38. The van der Waals surface area contributed by atoms with Gasteiger partial charge in [0.05, 0.1) is 30.4 Å². The van der Waals surface area contributed by atoms with Crippen LogP contribution in [0, 0.1) is 5.82 Å². The zero-order valence-electron chi connectivity index (χ0n) is 18.1. The molecule has 6 nitrogen and oxygen atoms in total. The van der Waals surface area contributed by atoms with E-state index >= 15 is 0 Å². The van der Waals surface area contributed by atoms with E-state index in [-0.39, 0.29) is 29.6 Å². The molecule has 0 saturated heterocycles. The van der Waals surface area contributed by atoms with E-state index in [1.165, 1.54) is 17.0 Å². The number of nitrogens with one attached hydrogen (secondary N) is 1. The number of hydrogen-bond acceptors (Lipinski definition) is 4. The first-order chi connectivity index (χ1) is 13.3. The lowest BCUT2D eigenvalue weighted by atomic mass is 10.1. The summed E-state index contributed by atoms with van der Waals surface area (Å²) in [6.07, 6.45) is -0.786. The van der Waals surface area contributed by atoms with Crippen LogP contribution in [-0.4, -0.2) is 61.9 Å². The number of rotatable bonds is 9. The van der Waals surface area contributed by atoms with Crippen LogP contribution in [0.1, 0.15) is 32.8 Å². The quantitative estimate of drug-likeness (QED) is 0.502. The first-order valence-electron chi connectivity index (χ1n) is 9.66. The smallest absolute Gasteiger partial charge is 0.317 e. The second-order valence-corrected chi connectivity index (χ2v) is 14.0. The van der Waals surface area contributed by atoms with Crippen molar-refractivity contribution in [2.45, 2.75) is 64.0 Å². The maximum Gasteiger partial charge on any atom is 0.317 e. The Hall–Kier alpha value is -1.19. The summed E-state index contributed by atoms with van der Waals surface area (Å²) in [4.78, 5) is 14.1. The summed E-state index contributed by atoms with van der Waals surface area (Å²) >= 11 is 5.93. The number of halogens is 2. The summed E-state index contributed by atoms with van der Waals surface area (Å²) in [6, 6.07) is 3.58. The van der Waals surface area contributed by atoms with Crippen LogP contribution in [0.4, 0.5) is 9.18 Å². The molecule has 0 saturated carbocycles. The van der Waals surface area contributed by atoms with Crippen molar-refractivity contribution in [1.82, 2.24) is 10.2 Å². The second-order valence-electron chi connectivity index (χ2n) is 8.78. The van der Waals surface area contributed by atoms with Gasteiger partial charge in [0.1, 0.15) is 5.82 Å². The molecular weight excluding hydrogens is 415 g/mol. The molecule has 2 unspecified atom stereocenters. The van der Waals surface area contributed by atoms with Gasteiger partial charge in [-0.3, -0.25) is 0 Å². The van der Waals surface area contributed by atoms with Gasteiger partial charge in [-0.15, -0.1) is 0 Å². The number of likely N-dealkylation sites (N-methyl/N-ethyl adjacent to an activating group) is 1. The van der Waals surface area contributed by atoms with Crippen molar-refractivity contribution in [2.75, 3.05) is 20.3 Å². The van der Waals surface area contributed by atoms with Crippen LogP contribution in [0.5, 0.6) is 0 Å². The number of carbonyl (C=O) groups is 1. The fraction of sp³-hybridized carbons (Fsp3) is 0.650. The minimum absolute atomic E-state index is 0.00209. The zero-order valence-corrected chi connectivity index (χ0v) is 19.9. The molecule has 1 aromatic rings. The van der Waals surface area contributed by atoms with E-state index in [9.17, 15) is 19.4 Å². The second kappa shape index (κ2) is 10.7. The highest BCUT2D eigenvalue weighted by atomic mass is 35.5. The standard InChI is InChI=1S/C20H34ClFN2O4Si/c1-20(2,3)29(5,6)28-13-15(10-16(26)12-25)24(4)19(27)23-11-14-8-7-9-17(22)18(14)21/h7-9,15-16,25-26H,10-13H2,1-6H3,(H,23,27). The highest BCUT2D eigenvalue weighted by Crippen LogP contribution is 2.36. The van der Waals surface area contributed by atoms with Crippen LogP contribution < -0.4 is 5.32 Å². The Labute approximate surface area is 179 Å². The lowest BCUT2D eigenvalue weighted by Crippen LogP contribution is -2.50. The molecule has 0 radical (unpaired) electrons. The number of urea groups is 1. The number of aliphatic hydroxyl groups is 2. The van der Waals surface area contributed by atoms with E-state index in [1.807, 2.05) is 0 Å². The van der Waals surface area contributed by atoms with Crippen molar-refractivity contribution >= 4 is 25.9 Å². The molecule has 3 N–H and O–H groups in total. The average Bonchev–Trinajstić information content (AvgIpc) is 2.64. The zero-order chi connectivity index (χ0) is 22.4. The van der Waals surface area contributed by atoms with Crippen molar-refractivity contribution in [3.63, 3.8) is 0 Å². The molecule has 0 aliphatic heterocycles. The van der Waals surface area contributed by atoms with Crippen molar-refractivity contribution in [1.29, 1.82) is 0 Å². The molecular formula is C20H34ClFN2O4Si. The third-order valence-corrected chi connectivity index (χ3v) is 10.5. The molecule has 29 heavy (non-hydrogen) atoms. The fourth-order valence-corrected chi connectivity index (χ4v) is 3.63. The Morgan fingerprint density at radius 1 is 1.38 bits per heavy atom. The molecule has 0 aromatic heterocycles. The molecule has 0 bridgehead atoms. The fourth-order valence-electron chi connectivity index (χ4n) is 2.39. The summed E-state index contributed by atoms with van der Waals surface area (Å²) < 4.78 is 19.8. The summed E-state index contributed by atoms with van der Waals surface area (Å²) in [6.45, 7) is 10.5. The normalized spacial score (nSPS) is 14.4. The first-order valence-corrected chi connectivity index (χ1v) is 12.9. The minimum atomic E-state index is -2.06. The molecule has 166 valence electrons. The Kier molecular flexibility index (Phi) is 9.55. The molecule has 2 amide bonds. The molecule has 0 spiro atoms. The molecule has 1 rings (SSSR count). The minimum Gasteiger partial charge on any atom is -0.415 e. The van der Waals surface area contributed by atoms with Gasteiger partial charge in [-0.2, -0.15) is 0 Å². The van der Waals surface area contributed by atoms with E-state index < -0.39 is 38.9 Å². The molecule has 0 heterocycles. The van der Waals surface area contributed by atoms with Crippen LogP contribution in [0.25, 0.3) is 0 Å². The lowest BCUT2D eigenvalue weighted by molar-refractivity contribution is 0.0536. The van der Waals surface area contributed by atoms with Gasteiger partial charge in [-0.1, -0.05) is 44.5 Å². The third-order valence-electron chi connectivity index (χ3n) is 5.53. The Bertz CT molecular complexity index is 685. The van der Waals surface area contributed by atoms with Crippen LogP contribution >= 0.6 is 11.6 Å². The molecule has 2 atom stereocenters. The Balaban J connectivity index is 2.82. The van der Waals surface area contributed by atoms with Gasteiger partial charge in [0, 0.05) is 13.6 Å². The maximum absolute atomic E-state index is 13.6. The number of benzene rings is 1. The third kappa shape index (κ3) is 7.53. The predicted molar refractivity (Wildman–Crippen MR) is 116 cm³/mol. The van der Waals surface area contributed by atoms with Gasteiger partial charge < -0.3 is 24.9 Å². The summed E-state index contributed by atoms with van der Waals surface area (Å²) in [7, 11) is -0.453. The van der Waals surface area contributed by atoms with E-state index in [0.29, 0.717) is 5.56 Å². The van der Waals surface area contributed by atoms with Crippen molar-refractivity contribution in [2.24, 2.45) is 0 Å². The molecule has 1 aromatic carbocycles. The molecule has 9 heteroatoms. The average molecular weight is 449 g/mol. The van der Waals surface area contributed by atoms with E-state index in [1.54, 1.807) is 13.1 Å². The Morgan fingerprint density at radius 3 is 2.55 bits per heavy atom. The number of nitrogens with zero attached hydrogens (tertiary/aromatic N) is 1. The SMILES string of the molecule is CN(C(=O)NCc1cccc(F)c1Cl)C(CO[Si](C)(C)C(C)(C)C)CC(O)CO.